The molecule has 0 aliphatic heterocycles. The van der Waals surface area contributed by atoms with Crippen molar-refractivity contribution in [2.24, 2.45) is 4.99 Å². The molecular formula is C24H31N3O3S2. The molecule has 32 heavy (non-hydrogen) atoms. The highest BCUT2D eigenvalue weighted by molar-refractivity contribution is 7.89. The van der Waals surface area contributed by atoms with Crippen LogP contribution in [0.2, 0.25) is 0 Å². The lowest BCUT2D eigenvalue weighted by Crippen LogP contribution is -2.33. The zero-order chi connectivity index (χ0) is 23.1. The average Bonchev–Trinajstić information content (AvgIpc) is 3.15. The van der Waals surface area contributed by atoms with Gasteiger partial charge in [0.2, 0.25) is 10.0 Å². The van der Waals surface area contributed by atoms with Gasteiger partial charge in [-0.2, -0.15) is 9.30 Å². The highest BCUT2D eigenvalue weighted by Crippen LogP contribution is 2.19. The van der Waals surface area contributed by atoms with Crippen molar-refractivity contribution in [2.75, 3.05) is 13.1 Å². The summed E-state index contributed by atoms with van der Waals surface area (Å²) in [4.78, 5) is 18.0. The number of para-hydroxylation sites is 1. The summed E-state index contributed by atoms with van der Waals surface area (Å²) in [6.07, 6.45) is 3.52. The van der Waals surface area contributed by atoms with Gasteiger partial charge in [0.1, 0.15) is 0 Å². The topological polar surface area (TPSA) is 71.7 Å². The molecule has 3 aromatic rings. The van der Waals surface area contributed by atoms with Crippen LogP contribution in [-0.4, -0.2) is 36.3 Å². The largest absolute Gasteiger partial charge is 0.317 e. The Bertz CT molecular complexity index is 1220. The second-order valence-electron chi connectivity index (χ2n) is 7.65. The Balaban J connectivity index is 1.88. The van der Waals surface area contributed by atoms with Crippen LogP contribution in [0.25, 0.3) is 10.2 Å². The lowest BCUT2D eigenvalue weighted by molar-refractivity contribution is 0.0997. The van der Waals surface area contributed by atoms with E-state index in [0.29, 0.717) is 30.0 Å². The Hall–Kier alpha value is -2.29. The number of nitrogens with zero attached hydrogens (tertiary/aromatic N) is 3. The van der Waals surface area contributed by atoms with Crippen LogP contribution in [0.4, 0.5) is 0 Å². The molecule has 0 atom stereocenters. The number of benzene rings is 2. The number of hydrogen-bond acceptors (Lipinski definition) is 4. The molecule has 3 rings (SSSR count). The molecule has 0 N–H and O–H groups in total. The van der Waals surface area contributed by atoms with Crippen molar-refractivity contribution >= 4 is 37.5 Å². The van der Waals surface area contributed by atoms with Crippen LogP contribution in [0.5, 0.6) is 0 Å². The van der Waals surface area contributed by atoms with E-state index in [1.165, 1.54) is 23.5 Å². The number of sulfonamides is 1. The van der Waals surface area contributed by atoms with Gasteiger partial charge in [-0.25, -0.2) is 8.42 Å². The number of unbranched alkanes of at least 4 members (excludes halogenated alkanes) is 2. The number of thiazole rings is 1. The molecule has 0 bridgehead atoms. The van der Waals surface area contributed by atoms with E-state index in [9.17, 15) is 13.2 Å². The molecule has 1 amide bonds. The van der Waals surface area contributed by atoms with Crippen LogP contribution in [-0.2, 0) is 16.6 Å². The highest BCUT2D eigenvalue weighted by Gasteiger charge is 2.23. The number of fused-ring (bicyclic) bond motifs is 1. The summed E-state index contributed by atoms with van der Waals surface area (Å²) in [7, 11) is -3.59. The molecule has 0 radical (unpaired) electrons. The van der Waals surface area contributed by atoms with Gasteiger partial charge in [-0.1, -0.05) is 50.2 Å². The number of aromatic nitrogens is 1. The molecule has 0 saturated heterocycles. The molecule has 0 aliphatic rings. The van der Waals surface area contributed by atoms with E-state index in [4.69, 9.17) is 0 Å². The van der Waals surface area contributed by atoms with Crippen LogP contribution in [0.15, 0.2) is 58.4 Å². The predicted molar refractivity (Wildman–Crippen MR) is 130 cm³/mol. The maximum atomic E-state index is 13.1. The molecule has 8 heteroatoms. The van der Waals surface area contributed by atoms with E-state index in [2.05, 4.69) is 4.99 Å². The maximum absolute atomic E-state index is 13.1. The third kappa shape index (κ3) is 5.36. The fraction of sp³-hybridized carbons (Fsp3) is 0.417. The van der Waals surface area contributed by atoms with E-state index < -0.39 is 10.0 Å². The molecule has 2 aromatic carbocycles. The average molecular weight is 474 g/mol. The zero-order valence-electron chi connectivity index (χ0n) is 19.0. The van der Waals surface area contributed by atoms with Gasteiger partial charge in [0.15, 0.2) is 4.80 Å². The second-order valence-corrected chi connectivity index (χ2v) is 10.6. The summed E-state index contributed by atoms with van der Waals surface area (Å²) >= 11 is 1.47. The van der Waals surface area contributed by atoms with Crippen molar-refractivity contribution < 1.29 is 13.2 Å². The number of amides is 1. The van der Waals surface area contributed by atoms with Gasteiger partial charge in [0.05, 0.1) is 15.1 Å². The fourth-order valence-corrected chi connectivity index (χ4v) is 6.11. The minimum atomic E-state index is -3.59. The summed E-state index contributed by atoms with van der Waals surface area (Å²) < 4.78 is 30.9. The minimum absolute atomic E-state index is 0.215. The summed E-state index contributed by atoms with van der Waals surface area (Å²) in [5.74, 6) is -0.378. The van der Waals surface area contributed by atoms with Crippen molar-refractivity contribution in [1.82, 2.24) is 8.87 Å². The number of carbonyl (C=O) groups excluding carboxylic acids is 1. The number of aryl methyl sites for hydroxylation is 1. The first-order chi connectivity index (χ1) is 15.4. The van der Waals surface area contributed by atoms with Crippen molar-refractivity contribution in [3.63, 3.8) is 0 Å². The molecule has 0 unspecified atom stereocenters. The van der Waals surface area contributed by atoms with Gasteiger partial charge >= 0.3 is 0 Å². The molecule has 0 aliphatic carbocycles. The molecule has 0 saturated carbocycles. The van der Waals surface area contributed by atoms with E-state index in [1.54, 1.807) is 16.4 Å². The van der Waals surface area contributed by atoms with E-state index in [0.717, 1.165) is 35.9 Å². The lowest BCUT2D eigenvalue weighted by atomic mass is 10.2. The first-order valence-corrected chi connectivity index (χ1v) is 13.5. The third-order valence-corrected chi connectivity index (χ3v) is 8.34. The zero-order valence-corrected chi connectivity index (χ0v) is 20.6. The number of hydrogen-bond donors (Lipinski definition) is 0. The van der Waals surface area contributed by atoms with E-state index >= 15 is 0 Å². The van der Waals surface area contributed by atoms with Gasteiger partial charge in [-0.05, 0) is 56.2 Å². The molecular weight excluding hydrogens is 442 g/mol. The van der Waals surface area contributed by atoms with E-state index in [1.807, 2.05) is 49.6 Å². The van der Waals surface area contributed by atoms with Crippen LogP contribution in [0.1, 0.15) is 56.8 Å². The Morgan fingerprint density at radius 3 is 2.19 bits per heavy atom. The van der Waals surface area contributed by atoms with Crippen LogP contribution in [0, 0.1) is 0 Å². The van der Waals surface area contributed by atoms with Gasteiger partial charge in [0, 0.05) is 25.2 Å². The number of rotatable bonds is 10. The van der Waals surface area contributed by atoms with Crippen molar-refractivity contribution in [2.45, 2.75) is 57.9 Å². The lowest BCUT2D eigenvalue weighted by Gasteiger charge is -2.22. The first kappa shape index (κ1) is 24.4. The molecule has 6 nitrogen and oxygen atoms in total. The normalized spacial score (nSPS) is 12.7. The molecule has 1 aromatic heterocycles. The van der Waals surface area contributed by atoms with Gasteiger partial charge in [0.25, 0.3) is 5.91 Å². The monoisotopic (exact) mass is 473 g/mol. The maximum Gasteiger partial charge on any atom is 0.279 e. The van der Waals surface area contributed by atoms with Gasteiger partial charge < -0.3 is 4.57 Å². The quantitative estimate of drug-likeness (QED) is 0.413. The van der Waals surface area contributed by atoms with Crippen LogP contribution in [0.3, 0.4) is 0 Å². The summed E-state index contributed by atoms with van der Waals surface area (Å²) in [5, 5.41) is 0. The smallest absolute Gasteiger partial charge is 0.279 e. The first-order valence-electron chi connectivity index (χ1n) is 11.2. The number of carbonyl (C=O) groups is 1. The van der Waals surface area contributed by atoms with Crippen LogP contribution >= 0.6 is 11.3 Å². The van der Waals surface area contributed by atoms with Crippen molar-refractivity contribution in [3.8, 4) is 0 Å². The molecule has 172 valence electrons. The predicted octanol–water partition coefficient (Wildman–Crippen LogP) is 5.05. The SMILES string of the molecule is CCCCN(CCCC)S(=O)(=O)c1ccc(C(=O)N=c2sc3ccccc3n2CC)cc1. The fourth-order valence-electron chi connectivity index (χ4n) is 3.50. The Morgan fingerprint density at radius 1 is 0.969 bits per heavy atom. The highest BCUT2D eigenvalue weighted by atomic mass is 32.2. The molecule has 0 fully saturated rings. The Morgan fingerprint density at radius 2 is 1.59 bits per heavy atom. The second kappa shape index (κ2) is 11.0. The van der Waals surface area contributed by atoms with Crippen molar-refractivity contribution in [1.29, 1.82) is 0 Å². The Labute approximate surface area is 194 Å². The standard InChI is InChI=1S/C24H31N3O3S2/c1-4-7-17-26(18-8-5-2)32(29,30)20-15-13-19(14-16-20)23(28)25-24-27(6-3)21-11-9-10-12-22(21)31-24/h9-16H,4-8,17-18H2,1-3H3. The summed E-state index contributed by atoms with van der Waals surface area (Å²) in [6, 6.07) is 14.1. The molecule has 0 spiro atoms. The van der Waals surface area contributed by atoms with Crippen LogP contribution < -0.4 is 4.80 Å². The summed E-state index contributed by atoms with van der Waals surface area (Å²) in [5.41, 5.74) is 1.42. The minimum Gasteiger partial charge on any atom is -0.317 e. The molecule has 1 heterocycles. The van der Waals surface area contributed by atoms with Gasteiger partial charge in [-0.3, -0.25) is 4.79 Å². The van der Waals surface area contributed by atoms with Gasteiger partial charge in [-0.15, -0.1) is 0 Å². The summed E-state index contributed by atoms with van der Waals surface area (Å²) in [6.45, 7) is 7.85. The van der Waals surface area contributed by atoms with E-state index in [-0.39, 0.29) is 10.8 Å². The van der Waals surface area contributed by atoms with Crippen molar-refractivity contribution in [3.05, 3.63) is 58.9 Å². The third-order valence-electron chi connectivity index (χ3n) is 5.36. The Kier molecular flexibility index (Phi) is 8.39.